The zero-order chi connectivity index (χ0) is 20.8. The van der Waals surface area contributed by atoms with E-state index >= 15 is 0 Å². The minimum absolute atomic E-state index is 0.133. The van der Waals surface area contributed by atoms with Gasteiger partial charge >= 0.3 is 5.97 Å². The molecule has 1 amide bonds. The van der Waals surface area contributed by atoms with Gasteiger partial charge in [0.2, 0.25) is 6.33 Å². The Morgan fingerprint density at radius 2 is 1.76 bits per heavy atom. The van der Waals surface area contributed by atoms with Crippen LogP contribution in [0, 0.1) is 5.92 Å². The van der Waals surface area contributed by atoms with Crippen molar-refractivity contribution in [3.05, 3.63) is 66.5 Å². The molecule has 0 saturated heterocycles. The van der Waals surface area contributed by atoms with Crippen LogP contribution in [-0.2, 0) is 27.4 Å². The van der Waals surface area contributed by atoms with E-state index in [0.29, 0.717) is 13.0 Å². The van der Waals surface area contributed by atoms with E-state index in [1.807, 2.05) is 67.2 Å². The van der Waals surface area contributed by atoms with Crippen LogP contribution in [0.15, 0.2) is 60.9 Å². The van der Waals surface area contributed by atoms with Crippen LogP contribution in [0.25, 0.3) is 11.0 Å². The monoisotopic (exact) mass is 394 g/mol. The maximum Gasteiger partial charge on any atom is 0.328 e. The minimum atomic E-state index is -0.634. The summed E-state index contributed by atoms with van der Waals surface area (Å²) in [7, 11) is 1.34. The Kier molecular flexibility index (Phi) is 6.65. The summed E-state index contributed by atoms with van der Waals surface area (Å²) in [6, 6.07) is 17.6. The molecular formula is C23H28N3O3+. The van der Waals surface area contributed by atoms with Gasteiger partial charge in [-0.25, -0.2) is 13.9 Å². The number of imidazole rings is 1. The molecule has 0 spiro atoms. The van der Waals surface area contributed by atoms with Crippen LogP contribution in [0.2, 0.25) is 0 Å². The number of esters is 1. The van der Waals surface area contributed by atoms with Crippen molar-refractivity contribution >= 4 is 22.9 Å². The highest BCUT2D eigenvalue weighted by Gasteiger charge is 2.24. The van der Waals surface area contributed by atoms with Gasteiger partial charge < -0.3 is 10.1 Å². The van der Waals surface area contributed by atoms with E-state index in [4.69, 9.17) is 4.74 Å². The smallest absolute Gasteiger partial charge is 0.328 e. The van der Waals surface area contributed by atoms with Gasteiger partial charge in [0.25, 0.3) is 5.91 Å². The van der Waals surface area contributed by atoms with E-state index in [0.717, 1.165) is 11.0 Å². The number of hydrogen-bond donors (Lipinski definition) is 1. The number of nitrogens with zero attached hydrogens (tertiary/aromatic N) is 2. The molecule has 0 radical (unpaired) electrons. The van der Waals surface area contributed by atoms with Crippen LogP contribution in [0.5, 0.6) is 0 Å². The number of fused-ring (bicyclic) bond motifs is 1. The number of rotatable bonds is 8. The predicted molar refractivity (Wildman–Crippen MR) is 111 cm³/mol. The first-order valence-electron chi connectivity index (χ1n) is 9.86. The molecule has 1 N–H and O–H groups in total. The number of carbonyl (C=O) groups excluding carboxylic acids is 2. The van der Waals surface area contributed by atoms with E-state index in [2.05, 4.69) is 22.0 Å². The molecule has 0 aliphatic carbocycles. The maximum atomic E-state index is 12.7. The minimum Gasteiger partial charge on any atom is -0.467 e. The van der Waals surface area contributed by atoms with Gasteiger partial charge in [0.1, 0.15) is 12.6 Å². The molecule has 0 bridgehead atoms. The molecule has 1 aromatic heterocycles. The van der Waals surface area contributed by atoms with E-state index in [1.54, 1.807) is 0 Å². The van der Waals surface area contributed by atoms with Crippen molar-refractivity contribution < 1.29 is 18.9 Å². The standard InChI is InChI=1S/C23H27N3O3/c1-17(2)13-19(23(28)29-3)24-22(27)15-26-16-25(14-18-9-5-4-6-10-18)20-11-7-8-12-21(20)26/h4-12,16-17,19H,13-15H2,1-3H3/p+1/t19-/m0/s1. The molecule has 6 heteroatoms. The number of aromatic nitrogens is 2. The number of hydrogen-bond acceptors (Lipinski definition) is 3. The van der Waals surface area contributed by atoms with Crippen molar-refractivity contribution in [3.8, 4) is 0 Å². The predicted octanol–water partition coefficient (Wildman–Crippen LogP) is 2.68. The van der Waals surface area contributed by atoms with Crippen LogP contribution in [0.1, 0.15) is 25.8 Å². The third kappa shape index (κ3) is 5.22. The molecular weight excluding hydrogens is 366 g/mol. The van der Waals surface area contributed by atoms with Crippen molar-refractivity contribution in [3.63, 3.8) is 0 Å². The average molecular weight is 394 g/mol. The lowest BCUT2D eigenvalue weighted by Crippen LogP contribution is -2.43. The molecule has 1 heterocycles. The van der Waals surface area contributed by atoms with Crippen molar-refractivity contribution in [2.24, 2.45) is 5.92 Å². The first kappa shape index (κ1) is 20.6. The summed E-state index contributed by atoms with van der Waals surface area (Å²) in [5, 5.41) is 2.83. The second-order valence-corrected chi connectivity index (χ2v) is 7.62. The Morgan fingerprint density at radius 1 is 1.07 bits per heavy atom. The topological polar surface area (TPSA) is 64.2 Å². The second-order valence-electron chi connectivity index (χ2n) is 7.62. The van der Waals surface area contributed by atoms with Gasteiger partial charge in [0.05, 0.1) is 7.11 Å². The number of nitrogens with one attached hydrogen (secondary N) is 1. The Hall–Kier alpha value is -3.15. The number of para-hydroxylation sites is 2. The van der Waals surface area contributed by atoms with Gasteiger partial charge in [-0.1, -0.05) is 56.3 Å². The number of amides is 1. The molecule has 3 rings (SSSR count). The van der Waals surface area contributed by atoms with Crippen LogP contribution in [0.3, 0.4) is 0 Å². The van der Waals surface area contributed by atoms with Crippen LogP contribution >= 0.6 is 0 Å². The number of benzene rings is 2. The molecule has 3 aromatic rings. The van der Waals surface area contributed by atoms with Crippen molar-refractivity contribution in [2.75, 3.05) is 7.11 Å². The quantitative estimate of drug-likeness (QED) is 0.472. The maximum absolute atomic E-state index is 12.7. The second kappa shape index (κ2) is 9.37. The van der Waals surface area contributed by atoms with Crippen LogP contribution < -0.4 is 9.88 Å². The fourth-order valence-electron chi connectivity index (χ4n) is 3.50. The van der Waals surface area contributed by atoms with Gasteiger partial charge in [-0.15, -0.1) is 0 Å². The highest BCUT2D eigenvalue weighted by Crippen LogP contribution is 2.12. The summed E-state index contributed by atoms with van der Waals surface area (Å²) in [4.78, 5) is 24.7. The third-order valence-electron chi connectivity index (χ3n) is 4.82. The summed E-state index contributed by atoms with van der Waals surface area (Å²) >= 11 is 0. The number of carbonyl (C=O) groups is 2. The Bertz CT molecular complexity index is 979. The molecule has 6 nitrogen and oxygen atoms in total. The van der Waals surface area contributed by atoms with E-state index < -0.39 is 12.0 Å². The zero-order valence-corrected chi connectivity index (χ0v) is 17.2. The molecule has 152 valence electrons. The van der Waals surface area contributed by atoms with Gasteiger partial charge in [0.15, 0.2) is 17.6 Å². The van der Waals surface area contributed by atoms with Crippen molar-refractivity contribution in [2.45, 2.75) is 39.4 Å². The summed E-state index contributed by atoms with van der Waals surface area (Å²) in [6.45, 7) is 4.87. The fourth-order valence-corrected chi connectivity index (χ4v) is 3.50. The van der Waals surface area contributed by atoms with Gasteiger partial charge in [-0.2, -0.15) is 0 Å². The lowest BCUT2D eigenvalue weighted by Gasteiger charge is -2.17. The largest absolute Gasteiger partial charge is 0.467 e. The highest BCUT2D eigenvalue weighted by molar-refractivity contribution is 5.85. The first-order valence-corrected chi connectivity index (χ1v) is 9.86. The molecule has 29 heavy (non-hydrogen) atoms. The van der Waals surface area contributed by atoms with E-state index in [1.165, 1.54) is 12.7 Å². The molecule has 2 aromatic carbocycles. The third-order valence-corrected chi connectivity index (χ3v) is 4.82. The summed E-state index contributed by atoms with van der Waals surface area (Å²) in [5.41, 5.74) is 3.21. The molecule has 1 atom stereocenters. The van der Waals surface area contributed by atoms with Gasteiger partial charge in [-0.05, 0) is 30.0 Å². The molecule has 0 fully saturated rings. The van der Waals surface area contributed by atoms with E-state index in [-0.39, 0.29) is 18.4 Å². The summed E-state index contributed by atoms with van der Waals surface area (Å²) in [5.74, 6) is -0.364. The molecule has 0 unspecified atom stereocenters. The lowest BCUT2D eigenvalue weighted by atomic mass is 10.0. The average Bonchev–Trinajstić information content (AvgIpc) is 3.04. The Balaban J connectivity index is 1.80. The Labute approximate surface area is 171 Å². The zero-order valence-electron chi connectivity index (χ0n) is 17.2. The van der Waals surface area contributed by atoms with Crippen molar-refractivity contribution in [1.82, 2.24) is 9.88 Å². The van der Waals surface area contributed by atoms with Crippen LogP contribution in [0.4, 0.5) is 0 Å². The number of ether oxygens (including phenoxy) is 1. The van der Waals surface area contributed by atoms with E-state index in [9.17, 15) is 9.59 Å². The van der Waals surface area contributed by atoms with Gasteiger partial charge in [0, 0.05) is 0 Å². The summed E-state index contributed by atoms with van der Waals surface area (Å²) in [6.07, 6.45) is 2.49. The van der Waals surface area contributed by atoms with Crippen LogP contribution in [-0.4, -0.2) is 29.6 Å². The lowest BCUT2D eigenvalue weighted by molar-refractivity contribution is -0.663. The highest BCUT2D eigenvalue weighted by atomic mass is 16.5. The summed E-state index contributed by atoms with van der Waals surface area (Å²) < 4.78 is 8.88. The number of methoxy groups -OCH3 is 1. The molecule has 0 aliphatic heterocycles. The normalized spacial score (nSPS) is 12.1. The fraction of sp³-hybridized carbons (Fsp3) is 0.348. The SMILES string of the molecule is COC(=O)[C@H](CC(C)C)NC(=O)Cn1c[n+](Cc2ccccc2)c2ccccc21. The molecule has 0 aliphatic rings. The first-order chi connectivity index (χ1) is 14.0. The Morgan fingerprint density at radius 3 is 2.45 bits per heavy atom. The molecule has 0 saturated carbocycles. The van der Waals surface area contributed by atoms with Crippen molar-refractivity contribution in [1.29, 1.82) is 0 Å². The van der Waals surface area contributed by atoms with Gasteiger partial charge in [-0.3, -0.25) is 4.79 Å².